The number of benzene rings is 3. The van der Waals surface area contributed by atoms with Crippen LogP contribution < -0.4 is 10.1 Å². The Hall–Kier alpha value is -3.48. The lowest BCUT2D eigenvalue weighted by Gasteiger charge is -2.08. The summed E-state index contributed by atoms with van der Waals surface area (Å²) < 4.78 is 18.6. The highest BCUT2D eigenvalue weighted by molar-refractivity contribution is 7.15. The second-order valence-electron chi connectivity index (χ2n) is 7.56. The van der Waals surface area contributed by atoms with E-state index >= 15 is 0 Å². The quantitative estimate of drug-likeness (QED) is 0.362. The number of hydrogen-bond donors (Lipinski definition) is 0. The smallest absolute Gasteiger partial charge is 0.274 e. The molecule has 0 saturated carbocycles. The third kappa shape index (κ3) is 2.95. The maximum atomic E-state index is 14.4. The third-order valence-corrected chi connectivity index (χ3v) is 6.96. The number of imidazole rings is 1. The van der Waals surface area contributed by atoms with Crippen LogP contribution in [0.1, 0.15) is 11.1 Å². The van der Waals surface area contributed by atoms with E-state index in [2.05, 4.69) is 4.98 Å². The number of hydrogen-bond acceptors (Lipinski definition) is 3. The number of aromatic nitrogens is 3. The van der Waals surface area contributed by atoms with Gasteiger partial charge in [0, 0.05) is 33.2 Å². The summed E-state index contributed by atoms with van der Waals surface area (Å²) in [6, 6.07) is 20.2. The molecule has 0 amide bonds. The molecule has 156 valence electrons. The summed E-state index contributed by atoms with van der Waals surface area (Å²) >= 11 is 7.62. The number of halogens is 2. The van der Waals surface area contributed by atoms with Gasteiger partial charge in [0.25, 0.3) is 5.56 Å². The van der Waals surface area contributed by atoms with Gasteiger partial charge >= 0.3 is 0 Å². The molecule has 0 saturated heterocycles. The molecule has 3 aromatic carbocycles. The average Bonchev–Trinajstić information content (AvgIpc) is 3.43. The van der Waals surface area contributed by atoms with Crippen molar-refractivity contribution in [2.24, 2.45) is 0 Å². The summed E-state index contributed by atoms with van der Waals surface area (Å²) in [5, 5.41) is 1.37. The van der Waals surface area contributed by atoms with Crippen molar-refractivity contribution >= 4 is 55.9 Å². The predicted octanol–water partition coefficient (Wildman–Crippen LogP) is 5.25. The molecule has 0 fully saturated rings. The zero-order valence-corrected chi connectivity index (χ0v) is 18.2. The third-order valence-electron chi connectivity index (χ3n) is 5.64. The van der Waals surface area contributed by atoms with Gasteiger partial charge in [-0.15, -0.1) is 0 Å². The van der Waals surface area contributed by atoms with Gasteiger partial charge < -0.3 is 4.57 Å². The van der Waals surface area contributed by atoms with Crippen molar-refractivity contribution < 1.29 is 4.39 Å². The van der Waals surface area contributed by atoms with Crippen molar-refractivity contribution in [1.29, 1.82) is 0 Å². The monoisotopic (exact) mass is 459 g/mol. The molecule has 0 aliphatic carbocycles. The summed E-state index contributed by atoms with van der Waals surface area (Å²) in [4.78, 5) is 18.4. The molecule has 7 heteroatoms. The van der Waals surface area contributed by atoms with E-state index in [1.165, 1.54) is 17.4 Å². The first kappa shape index (κ1) is 19.2. The lowest BCUT2D eigenvalue weighted by molar-refractivity contribution is 0.602. The first-order valence-electron chi connectivity index (χ1n) is 10.0. The number of fused-ring (bicyclic) bond motifs is 4. The largest absolute Gasteiger partial charge is 0.342 e. The number of nitrogens with zero attached hydrogens (tertiary/aromatic N) is 3. The molecule has 0 N–H and O–H groups in total. The van der Waals surface area contributed by atoms with Crippen LogP contribution in [-0.2, 0) is 6.54 Å². The maximum absolute atomic E-state index is 14.4. The molecule has 0 unspecified atom stereocenters. The highest BCUT2D eigenvalue weighted by Gasteiger charge is 2.14. The molecule has 4 nitrogen and oxygen atoms in total. The van der Waals surface area contributed by atoms with Crippen LogP contribution in [0.5, 0.6) is 0 Å². The van der Waals surface area contributed by atoms with E-state index in [9.17, 15) is 9.18 Å². The van der Waals surface area contributed by atoms with Crippen molar-refractivity contribution in [3.8, 4) is 0 Å². The summed E-state index contributed by atoms with van der Waals surface area (Å²) in [6.07, 6.45) is 3.83. The minimum Gasteiger partial charge on any atom is -0.342 e. The molecule has 32 heavy (non-hydrogen) atoms. The number of thiazole rings is 1. The van der Waals surface area contributed by atoms with Crippen LogP contribution in [0.3, 0.4) is 0 Å². The van der Waals surface area contributed by atoms with Gasteiger partial charge in [0.15, 0.2) is 4.96 Å². The molecule has 0 aliphatic rings. The second kappa shape index (κ2) is 7.29. The van der Waals surface area contributed by atoms with Crippen molar-refractivity contribution in [3.63, 3.8) is 0 Å². The number of rotatable bonds is 3. The molecule has 6 aromatic rings. The summed E-state index contributed by atoms with van der Waals surface area (Å²) in [5.74, 6) is -0.339. The first-order valence-corrected chi connectivity index (χ1v) is 11.2. The van der Waals surface area contributed by atoms with E-state index in [4.69, 9.17) is 11.6 Å². The van der Waals surface area contributed by atoms with Crippen molar-refractivity contribution in [1.82, 2.24) is 14.0 Å². The van der Waals surface area contributed by atoms with Crippen LogP contribution in [0.2, 0.25) is 5.02 Å². The van der Waals surface area contributed by atoms with E-state index < -0.39 is 0 Å². The van der Waals surface area contributed by atoms with Crippen LogP contribution in [-0.4, -0.2) is 14.0 Å². The zero-order chi connectivity index (χ0) is 21.8. The molecular weight excluding hydrogens is 445 g/mol. The van der Waals surface area contributed by atoms with Crippen molar-refractivity contribution in [3.05, 3.63) is 110 Å². The molecular formula is C25H15ClFN3OS. The molecule has 0 spiro atoms. The minimum atomic E-state index is -0.339. The SMILES string of the molecule is O=c1/c(=C\c2cn(Cc3c(F)cccc3Cl)c3ccccc23)sc2nc3ccccc3n12. The van der Waals surface area contributed by atoms with Gasteiger partial charge in [-0.1, -0.05) is 59.3 Å². The van der Waals surface area contributed by atoms with Crippen LogP contribution in [0.4, 0.5) is 4.39 Å². The summed E-state index contributed by atoms with van der Waals surface area (Å²) in [7, 11) is 0. The Balaban J connectivity index is 1.54. The Bertz CT molecular complexity index is 1750. The van der Waals surface area contributed by atoms with Gasteiger partial charge in [-0.05, 0) is 36.4 Å². The second-order valence-corrected chi connectivity index (χ2v) is 8.98. The van der Waals surface area contributed by atoms with Crippen LogP contribution in [0.15, 0.2) is 77.7 Å². The van der Waals surface area contributed by atoms with Gasteiger partial charge in [0.05, 0.1) is 22.1 Å². The van der Waals surface area contributed by atoms with E-state index in [-0.39, 0.29) is 11.4 Å². The molecule has 0 aliphatic heterocycles. The van der Waals surface area contributed by atoms with Gasteiger partial charge in [0.1, 0.15) is 5.82 Å². The van der Waals surface area contributed by atoms with Crippen molar-refractivity contribution in [2.45, 2.75) is 6.54 Å². The maximum Gasteiger partial charge on any atom is 0.274 e. The van der Waals surface area contributed by atoms with E-state index in [1.807, 2.05) is 65.4 Å². The van der Waals surface area contributed by atoms with Crippen LogP contribution >= 0.6 is 22.9 Å². The fourth-order valence-corrected chi connectivity index (χ4v) is 5.33. The van der Waals surface area contributed by atoms with E-state index in [0.29, 0.717) is 26.6 Å². The van der Waals surface area contributed by atoms with Crippen LogP contribution in [0, 0.1) is 5.82 Å². The van der Waals surface area contributed by atoms with Gasteiger partial charge in [-0.3, -0.25) is 4.79 Å². The predicted molar refractivity (Wildman–Crippen MR) is 128 cm³/mol. The fourth-order valence-electron chi connectivity index (χ4n) is 4.13. The van der Waals surface area contributed by atoms with Gasteiger partial charge in [-0.25, -0.2) is 13.8 Å². The number of para-hydroxylation sites is 3. The summed E-state index contributed by atoms with van der Waals surface area (Å²) in [6.45, 7) is 0.294. The highest BCUT2D eigenvalue weighted by Crippen LogP contribution is 2.26. The molecule has 0 bridgehead atoms. The Morgan fingerprint density at radius 3 is 2.62 bits per heavy atom. The van der Waals surface area contributed by atoms with Gasteiger partial charge in [0.2, 0.25) is 0 Å². The van der Waals surface area contributed by atoms with E-state index in [1.54, 1.807) is 16.5 Å². The lowest BCUT2D eigenvalue weighted by Crippen LogP contribution is -2.22. The normalized spacial score (nSPS) is 12.5. The standard InChI is InChI=1S/C25H15ClFN3OS/c26-18-7-5-8-19(27)17(18)14-29-13-15(16-6-1-3-10-21(16)29)12-23-24(31)30-22-11-4-2-9-20(22)28-25(30)32-23/h1-13H,14H2/b23-12+. The topological polar surface area (TPSA) is 39.3 Å². The Morgan fingerprint density at radius 1 is 1.00 bits per heavy atom. The minimum absolute atomic E-state index is 0.0901. The lowest BCUT2D eigenvalue weighted by atomic mass is 10.1. The molecule has 3 heterocycles. The summed E-state index contributed by atoms with van der Waals surface area (Å²) in [5.41, 5.74) is 3.79. The molecule has 0 radical (unpaired) electrons. The average molecular weight is 460 g/mol. The first-order chi connectivity index (χ1) is 15.6. The fraction of sp³-hybridized carbons (Fsp3) is 0.0400. The van der Waals surface area contributed by atoms with E-state index in [0.717, 1.165) is 27.5 Å². The van der Waals surface area contributed by atoms with Crippen LogP contribution in [0.25, 0.3) is 33.0 Å². The zero-order valence-electron chi connectivity index (χ0n) is 16.6. The molecule has 0 atom stereocenters. The Morgan fingerprint density at radius 2 is 1.78 bits per heavy atom. The van der Waals surface area contributed by atoms with Crippen molar-refractivity contribution in [2.75, 3.05) is 0 Å². The van der Waals surface area contributed by atoms with Gasteiger partial charge in [-0.2, -0.15) is 0 Å². The Kier molecular flexibility index (Phi) is 4.38. The molecule has 6 rings (SSSR count). The highest BCUT2D eigenvalue weighted by atomic mass is 35.5. The Labute approximate surface area is 190 Å². The molecule has 3 aromatic heterocycles.